The Labute approximate surface area is 137 Å². The molecule has 0 unspecified atom stereocenters. The zero-order chi connectivity index (χ0) is 16.2. The van der Waals surface area contributed by atoms with Crippen molar-refractivity contribution in [3.8, 4) is 5.88 Å². The number of fused-ring (bicyclic) bond motifs is 1. The Morgan fingerprint density at radius 1 is 1.52 bits per heavy atom. The summed E-state index contributed by atoms with van der Waals surface area (Å²) in [5.41, 5.74) is 2.78. The van der Waals surface area contributed by atoms with Crippen LogP contribution < -0.4 is 10.1 Å². The van der Waals surface area contributed by atoms with Crippen LogP contribution in [0.3, 0.4) is 0 Å². The number of aromatic nitrogens is 1. The van der Waals surface area contributed by atoms with Crippen molar-refractivity contribution in [1.29, 1.82) is 0 Å². The number of carbonyl (C=O) groups is 1. The Balaban J connectivity index is 1.58. The number of likely N-dealkylation sites (N-methyl/N-ethyl adjacent to an activating group) is 1. The highest BCUT2D eigenvalue weighted by Crippen LogP contribution is 2.26. The van der Waals surface area contributed by atoms with Crippen molar-refractivity contribution in [3.63, 3.8) is 0 Å². The molecule has 1 amide bonds. The van der Waals surface area contributed by atoms with Gasteiger partial charge < -0.3 is 19.7 Å². The van der Waals surface area contributed by atoms with E-state index >= 15 is 0 Å². The maximum Gasteiger partial charge on any atom is 0.256 e. The molecule has 6 nitrogen and oxygen atoms in total. The van der Waals surface area contributed by atoms with Gasteiger partial charge in [0.1, 0.15) is 5.56 Å². The topological polar surface area (TPSA) is 63.7 Å². The summed E-state index contributed by atoms with van der Waals surface area (Å²) in [5.74, 6) is 0.310. The van der Waals surface area contributed by atoms with Crippen molar-refractivity contribution < 1.29 is 14.3 Å². The minimum Gasteiger partial charge on any atom is -0.480 e. The molecular formula is C17H25N3O3. The van der Waals surface area contributed by atoms with Crippen molar-refractivity contribution in [2.45, 2.75) is 31.8 Å². The highest BCUT2D eigenvalue weighted by atomic mass is 16.5. The summed E-state index contributed by atoms with van der Waals surface area (Å²) in [6.07, 6.45) is 4.07. The van der Waals surface area contributed by atoms with Gasteiger partial charge in [0.2, 0.25) is 5.88 Å². The molecule has 2 heterocycles. The highest BCUT2D eigenvalue weighted by molar-refractivity contribution is 5.96. The summed E-state index contributed by atoms with van der Waals surface area (Å²) in [7, 11) is 3.65. The number of hydrogen-bond acceptors (Lipinski definition) is 5. The first-order valence-electron chi connectivity index (χ1n) is 8.32. The molecule has 1 aliphatic heterocycles. The Hall–Kier alpha value is -1.66. The van der Waals surface area contributed by atoms with Crippen LogP contribution in [0.2, 0.25) is 0 Å². The zero-order valence-corrected chi connectivity index (χ0v) is 13.9. The summed E-state index contributed by atoms with van der Waals surface area (Å²) in [6.45, 7) is 3.25. The molecule has 2 aliphatic rings. The first-order chi connectivity index (χ1) is 11.2. The molecule has 23 heavy (non-hydrogen) atoms. The van der Waals surface area contributed by atoms with E-state index in [1.165, 1.54) is 5.56 Å². The Bertz CT molecular complexity index is 576. The molecule has 6 heteroatoms. The van der Waals surface area contributed by atoms with E-state index in [1.54, 1.807) is 7.11 Å². The largest absolute Gasteiger partial charge is 0.480 e. The van der Waals surface area contributed by atoms with Gasteiger partial charge in [0.05, 0.1) is 19.8 Å². The minimum atomic E-state index is -0.117. The molecule has 0 bridgehead atoms. The lowest BCUT2D eigenvalue weighted by atomic mass is 10.1. The lowest BCUT2D eigenvalue weighted by molar-refractivity contribution is -0.0226. The van der Waals surface area contributed by atoms with E-state index < -0.39 is 0 Å². The zero-order valence-electron chi connectivity index (χ0n) is 13.9. The monoisotopic (exact) mass is 319 g/mol. The third-order valence-electron chi connectivity index (χ3n) is 4.55. The summed E-state index contributed by atoms with van der Waals surface area (Å²) >= 11 is 0. The Morgan fingerprint density at radius 3 is 3.17 bits per heavy atom. The average molecular weight is 319 g/mol. The molecule has 1 fully saturated rings. The fourth-order valence-corrected chi connectivity index (χ4v) is 3.25. The van der Waals surface area contributed by atoms with E-state index in [1.807, 2.05) is 6.07 Å². The number of hydrogen-bond donors (Lipinski definition) is 1. The smallest absolute Gasteiger partial charge is 0.256 e. The molecular weight excluding hydrogens is 294 g/mol. The number of amides is 1. The van der Waals surface area contributed by atoms with Crippen LogP contribution in [0.5, 0.6) is 5.88 Å². The summed E-state index contributed by atoms with van der Waals surface area (Å²) in [5, 5.41) is 2.97. The fraction of sp³-hybridized carbons (Fsp3) is 0.647. The third-order valence-corrected chi connectivity index (χ3v) is 4.55. The number of ether oxygens (including phenoxy) is 2. The predicted octanol–water partition coefficient (Wildman–Crippen LogP) is 1.03. The molecule has 1 aromatic rings. The van der Waals surface area contributed by atoms with Crippen LogP contribution in [0.15, 0.2) is 6.07 Å². The molecule has 1 N–H and O–H groups in total. The van der Waals surface area contributed by atoms with Crippen LogP contribution in [-0.4, -0.2) is 62.3 Å². The first kappa shape index (κ1) is 16.2. The number of pyridine rings is 1. The molecule has 1 aliphatic carbocycles. The number of carbonyl (C=O) groups excluding carboxylic acids is 1. The van der Waals surface area contributed by atoms with Crippen LogP contribution in [0, 0.1) is 0 Å². The van der Waals surface area contributed by atoms with Crippen LogP contribution in [0.4, 0.5) is 0 Å². The Kier molecular flexibility index (Phi) is 5.13. The van der Waals surface area contributed by atoms with Crippen molar-refractivity contribution in [2.75, 3.05) is 40.4 Å². The highest BCUT2D eigenvalue weighted by Gasteiger charge is 2.22. The maximum atomic E-state index is 12.4. The summed E-state index contributed by atoms with van der Waals surface area (Å²) < 4.78 is 11.0. The molecule has 1 saturated heterocycles. The van der Waals surface area contributed by atoms with E-state index in [0.29, 0.717) is 18.0 Å². The Morgan fingerprint density at radius 2 is 2.39 bits per heavy atom. The van der Waals surface area contributed by atoms with Crippen molar-refractivity contribution in [3.05, 3.63) is 22.9 Å². The average Bonchev–Trinajstić information content (AvgIpc) is 3.00. The standard InChI is InChI=1S/C17H25N3O3/c1-20-8-9-23-13(11-20)6-7-18-16(21)14-10-12-4-3-5-15(12)19-17(14)22-2/h10,13H,3-9,11H2,1-2H3,(H,18,21)/t13-/m1/s1. The van der Waals surface area contributed by atoms with Gasteiger partial charge in [0, 0.05) is 25.3 Å². The summed E-state index contributed by atoms with van der Waals surface area (Å²) in [6, 6.07) is 1.94. The van der Waals surface area contributed by atoms with E-state index in [9.17, 15) is 4.79 Å². The maximum absolute atomic E-state index is 12.4. The minimum absolute atomic E-state index is 0.117. The molecule has 1 atom stereocenters. The fourth-order valence-electron chi connectivity index (χ4n) is 3.25. The normalized spacial score (nSPS) is 21.0. The van der Waals surface area contributed by atoms with Gasteiger partial charge in [-0.1, -0.05) is 0 Å². The van der Waals surface area contributed by atoms with Crippen LogP contribution in [0.1, 0.15) is 34.5 Å². The van der Waals surface area contributed by atoms with Crippen LogP contribution >= 0.6 is 0 Å². The van der Waals surface area contributed by atoms with Gasteiger partial charge in [-0.05, 0) is 44.4 Å². The van der Waals surface area contributed by atoms with Gasteiger partial charge in [-0.3, -0.25) is 4.79 Å². The SMILES string of the molecule is COc1nc2c(cc1C(=O)NCC[C@@H]1CN(C)CCO1)CCC2. The molecule has 0 aromatic carbocycles. The predicted molar refractivity (Wildman–Crippen MR) is 87.0 cm³/mol. The van der Waals surface area contributed by atoms with Crippen LogP contribution in [0.25, 0.3) is 0 Å². The van der Waals surface area contributed by atoms with Crippen molar-refractivity contribution in [1.82, 2.24) is 15.2 Å². The van der Waals surface area contributed by atoms with Gasteiger partial charge in [0.25, 0.3) is 5.91 Å². The van der Waals surface area contributed by atoms with E-state index in [-0.39, 0.29) is 12.0 Å². The van der Waals surface area contributed by atoms with E-state index in [0.717, 1.165) is 51.1 Å². The van der Waals surface area contributed by atoms with Gasteiger partial charge in [-0.25, -0.2) is 4.98 Å². The number of methoxy groups -OCH3 is 1. The molecule has 1 aromatic heterocycles. The number of rotatable bonds is 5. The van der Waals surface area contributed by atoms with E-state index in [4.69, 9.17) is 9.47 Å². The van der Waals surface area contributed by atoms with Crippen molar-refractivity contribution in [2.24, 2.45) is 0 Å². The molecule has 0 saturated carbocycles. The van der Waals surface area contributed by atoms with Gasteiger partial charge in [-0.2, -0.15) is 0 Å². The van der Waals surface area contributed by atoms with Gasteiger partial charge in [0.15, 0.2) is 0 Å². The van der Waals surface area contributed by atoms with Crippen LogP contribution in [-0.2, 0) is 17.6 Å². The third kappa shape index (κ3) is 3.82. The lowest BCUT2D eigenvalue weighted by Crippen LogP contribution is -2.41. The van der Waals surface area contributed by atoms with Crippen molar-refractivity contribution >= 4 is 5.91 Å². The van der Waals surface area contributed by atoms with Gasteiger partial charge >= 0.3 is 0 Å². The number of aryl methyl sites for hydroxylation is 2. The van der Waals surface area contributed by atoms with Gasteiger partial charge in [-0.15, -0.1) is 0 Å². The molecule has 126 valence electrons. The lowest BCUT2D eigenvalue weighted by Gasteiger charge is -2.30. The number of nitrogens with zero attached hydrogens (tertiary/aromatic N) is 2. The van der Waals surface area contributed by atoms with E-state index in [2.05, 4.69) is 22.2 Å². The number of morpholine rings is 1. The molecule has 0 spiro atoms. The first-order valence-corrected chi connectivity index (χ1v) is 8.32. The molecule has 0 radical (unpaired) electrons. The number of nitrogens with one attached hydrogen (secondary N) is 1. The second-order valence-electron chi connectivity index (χ2n) is 6.30. The summed E-state index contributed by atoms with van der Waals surface area (Å²) in [4.78, 5) is 19.2. The second-order valence-corrected chi connectivity index (χ2v) is 6.30. The second kappa shape index (κ2) is 7.27. The molecule has 3 rings (SSSR count). The quantitative estimate of drug-likeness (QED) is 0.878.